The van der Waals surface area contributed by atoms with Crippen molar-refractivity contribution in [3.05, 3.63) is 34.9 Å². The Hall–Kier alpha value is -2.57. The van der Waals surface area contributed by atoms with Crippen molar-refractivity contribution in [2.75, 3.05) is 6.54 Å². The van der Waals surface area contributed by atoms with Gasteiger partial charge in [-0.25, -0.2) is 4.79 Å². The van der Waals surface area contributed by atoms with Crippen LogP contribution in [0, 0.1) is 19.8 Å². The number of nitrogens with one attached hydrogen (secondary N) is 2. The number of aryl methyl sites for hydroxylation is 2. The first-order valence-corrected chi connectivity index (χ1v) is 13.2. The fourth-order valence-corrected chi connectivity index (χ4v) is 4.15. The Bertz CT molecular complexity index is 877. The second kappa shape index (κ2) is 13.1. The number of hydrogen-bond acceptors (Lipinski definition) is 4. The van der Waals surface area contributed by atoms with Crippen LogP contribution in [0.15, 0.2) is 18.2 Å². The molecule has 3 amide bonds. The number of alkyl carbamates (subject to hydrolysis) is 1. The molecule has 0 saturated carbocycles. The standard InChI is InChI=1S/C29H49N3O4/c1-12-13-14-18-32(26(34)23(19(2)3)30-27(35)36-29(9,10)11)24(25(33)31-28(6,7)8)22-20(4)16-15-17-21(22)5/h15-17,19,23-24H,12-14,18H2,1-11H3,(H,30,35)(H,31,33). The molecule has 204 valence electrons. The molecule has 0 aromatic heterocycles. The average Bonchev–Trinajstić information content (AvgIpc) is 2.69. The zero-order valence-corrected chi connectivity index (χ0v) is 24.4. The second-order valence-corrected chi connectivity index (χ2v) is 12.1. The molecule has 0 radical (unpaired) electrons. The number of carbonyl (C=O) groups is 3. The zero-order chi connectivity index (χ0) is 27.8. The summed E-state index contributed by atoms with van der Waals surface area (Å²) in [5, 5.41) is 5.88. The smallest absolute Gasteiger partial charge is 0.408 e. The van der Waals surface area contributed by atoms with E-state index in [1.165, 1.54) is 0 Å². The molecule has 1 aromatic rings. The topological polar surface area (TPSA) is 87.7 Å². The minimum absolute atomic E-state index is 0.206. The van der Waals surface area contributed by atoms with Crippen molar-refractivity contribution in [1.29, 1.82) is 0 Å². The van der Waals surface area contributed by atoms with Crippen LogP contribution in [0.2, 0.25) is 0 Å². The maximum Gasteiger partial charge on any atom is 0.408 e. The lowest BCUT2D eigenvalue weighted by atomic mass is 9.92. The summed E-state index contributed by atoms with van der Waals surface area (Å²) >= 11 is 0. The lowest BCUT2D eigenvalue weighted by Gasteiger charge is -2.38. The molecule has 1 aromatic carbocycles. The largest absolute Gasteiger partial charge is 0.444 e. The second-order valence-electron chi connectivity index (χ2n) is 12.1. The Morgan fingerprint density at radius 1 is 0.972 bits per heavy atom. The van der Waals surface area contributed by atoms with Crippen molar-refractivity contribution < 1.29 is 19.1 Å². The molecule has 7 nitrogen and oxygen atoms in total. The third-order valence-corrected chi connectivity index (χ3v) is 5.76. The van der Waals surface area contributed by atoms with E-state index in [9.17, 15) is 14.4 Å². The first-order chi connectivity index (χ1) is 16.5. The van der Waals surface area contributed by atoms with E-state index in [4.69, 9.17) is 4.74 Å². The molecule has 0 aliphatic carbocycles. The number of carbonyl (C=O) groups excluding carboxylic acids is 3. The molecule has 0 bridgehead atoms. The van der Waals surface area contributed by atoms with Gasteiger partial charge in [0, 0.05) is 12.1 Å². The third-order valence-electron chi connectivity index (χ3n) is 5.76. The lowest BCUT2D eigenvalue weighted by Crippen LogP contribution is -2.56. The zero-order valence-electron chi connectivity index (χ0n) is 24.4. The first kappa shape index (κ1) is 31.5. The summed E-state index contributed by atoms with van der Waals surface area (Å²) in [5.74, 6) is -0.726. The van der Waals surface area contributed by atoms with Crippen molar-refractivity contribution in [3.63, 3.8) is 0 Å². The highest BCUT2D eigenvalue weighted by Gasteiger charge is 2.39. The van der Waals surface area contributed by atoms with E-state index in [-0.39, 0.29) is 17.7 Å². The average molecular weight is 504 g/mol. The molecule has 7 heteroatoms. The molecule has 0 aliphatic heterocycles. The van der Waals surface area contributed by atoms with Gasteiger partial charge in [-0.1, -0.05) is 51.8 Å². The summed E-state index contributed by atoms with van der Waals surface area (Å²) < 4.78 is 5.44. The molecule has 0 aliphatic rings. The van der Waals surface area contributed by atoms with E-state index in [2.05, 4.69) is 17.6 Å². The van der Waals surface area contributed by atoms with Gasteiger partial charge in [-0.05, 0) is 84.4 Å². The molecule has 0 spiro atoms. The van der Waals surface area contributed by atoms with Gasteiger partial charge in [0.1, 0.15) is 17.7 Å². The van der Waals surface area contributed by atoms with Crippen molar-refractivity contribution in [3.8, 4) is 0 Å². The van der Waals surface area contributed by atoms with Crippen molar-refractivity contribution >= 4 is 17.9 Å². The Balaban J connectivity index is 3.60. The van der Waals surface area contributed by atoms with Crippen LogP contribution in [0.25, 0.3) is 0 Å². The quantitative estimate of drug-likeness (QED) is 0.393. The molecule has 2 N–H and O–H groups in total. The number of rotatable bonds is 10. The molecule has 2 unspecified atom stereocenters. The van der Waals surface area contributed by atoms with Gasteiger partial charge in [-0.15, -0.1) is 0 Å². The summed E-state index contributed by atoms with van der Waals surface area (Å²) in [6.45, 7) is 21.3. The molecule has 0 saturated heterocycles. The normalized spacial score (nSPS) is 13.7. The molecule has 2 atom stereocenters. The summed E-state index contributed by atoms with van der Waals surface area (Å²) in [7, 11) is 0. The number of nitrogens with zero attached hydrogens (tertiary/aromatic N) is 1. The van der Waals surface area contributed by atoms with Gasteiger partial charge in [-0.3, -0.25) is 9.59 Å². The number of ether oxygens (including phenoxy) is 1. The first-order valence-electron chi connectivity index (χ1n) is 13.2. The van der Waals surface area contributed by atoms with Crippen molar-refractivity contribution in [2.45, 2.75) is 119 Å². The van der Waals surface area contributed by atoms with Gasteiger partial charge < -0.3 is 20.3 Å². The summed E-state index contributed by atoms with van der Waals surface area (Å²) in [5.41, 5.74) is 1.54. The van der Waals surface area contributed by atoms with Crippen LogP contribution in [0.5, 0.6) is 0 Å². The maximum absolute atomic E-state index is 14.2. The van der Waals surface area contributed by atoms with E-state index in [0.717, 1.165) is 36.0 Å². The molecular formula is C29H49N3O4. The highest BCUT2D eigenvalue weighted by molar-refractivity contribution is 5.93. The van der Waals surface area contributed by atoms with E-state index < -0.39 is 29.3 Å². The summed E-state index contributed by atoms with van der Waals surface area (Å²) in [4.78, 5) is 42.3. The Morgan fingerprint density at radius 3 is 1.97 bits per heavy atom. The minimum atomic E-state index is -0.837. The number of amides is 3. The van der Waals surface area contributed by atoms with Gasteiger partial charge in [0.05, 0.1) is 0 Å². The highest BCUT2D eigenvalue weighted by Crippen LogP contribution is 2.30. The predicted octanol–water partition coefficient (Wildman–Crippen LogP) is 5.83. The number of unbranched alkanes of at least 4 members (excludes halogenated alkanes) is 2. The lowest BCUT2D eigenvalue weighted by molar-refractivity contribution is -0.144. The van der Waals surface area contributed by atoms with Crippen molar-refractivity contribution in [1.82, 2.24) is 15.5 Å². The maximum atomic E-state index is 14.2. The molecule has 36 heavy (non-hydrogen) atoms. The Morgan fingerprint density at radius 2 is 1.53 bits per heavy atom. The van der Waals surface area contributed by atoms with Crippen LogP contribution in [0.1, 0.15) is 104 Å². The van der Waals surface area contributed by atoms with Crippen LogP contribution >= 0.6 is 0 Å². The monoisotopic (exact) mass is 503 g/mol. The van der Waals surface area contributed by atoms with E-state index >= 15 is 0 Å². The molecule has 0 heterocycles. The molecule has 1 rings (SSSR count). The van der Waals surface area contributed by atoms with Crippen LogP contribution in [-0.2, 0) is 14.3 Å². The number of benzene rings is 1. The highest BCUT2D eigenvalue weighted by atomic mass is 16.6. The van der Waals surface area contributed by atoms with E-state index in [1.54, 1.807) is 25.7 Å². The predicted molar refractivity (Wildman–Crippen MR) is 146 cm³/mol. The van der Waals surface area contributed by atoms with Gasteiger partial charge in [-0.2, -0.15) is 0 Å². The fraction of sp³-hybridized carbons (Fsp3) is 0.690. The summed E-state index contributed by atoms with van der Waals surface area (Å²) in [6, 6.07) is 4.23. The van der Waals surface area contributed by atoms with Gasteiger partial charge in [0.25, 0.3) is 0 Å². The Kier molecular flexibility index (Phi) is 11.5. The van der Waals surface area contributed by atoms with Gasteiger partial charge in [0.2, 0.25) is 11.8 Å². The van der Waals surface area contributed by atoms with Crippen molar-refractivity contribution in [2.24, 2.45) is 5.92 Å². The van der Waals surface area contributed by atoms with Crippen LogP contribution in [0.3, 0.4) is 0 Å². The van der Waals surface area contributed by atoms with E-state index in [1.807, 2.05) is 66.7 Å². The van der Waals surface area contributed by atoms with Crippen LogP contribution in [0.4, 0.5) is 4.79 Å². The molecular weight excluding hydrogens is 454 g/mol. The van der Waals surface area contributed by atoms with E-state index in [0.29, 0.717) is 6.54 Å². The minimum Gasteiger partial charge on any atom is -0.444 e. The number of hydrogen-bond donors (Lipinski definition) is 2. The van der Waals surface area contributed by atoms with Crippen LogP contribution in [-0.4, -0.2) is 46.5 Å². The van der Waals surface area contributed by atoms with Crippen LogP contribution < -0.4 is 10.6 Å². The summed E-state index contributed by atoms with van der Waals surface area (Å²) in [6.07, 6.45) is 2.01. The Labute approximate surface area is 218 Å². The fourth-order valence-electron chi connectivity index (χ4n) is 4.15. The molecule has 0 fully saturated rings. The van der Waals surface area contributed by atoms with Gasteiger partial charge >= 0.3 is 6.09 Å². The van der Waals surface area contributed by atoms with Gasteiger partial charge in [0.15, 0.2) is 0 Å². The third kappa shape index (κ3) is 9.82. The SMILES string of the molecule is CCCCCN(C(=O)C(NC(=O)OC(C)(C)C)C(C)C)C(C(=O)NC(C)(C)C)c1c(C)cccc1C.